The zero-order valence-corrected chi connectivity index (χ0v) is 14.0. The Balaban J connectivity index is 1.94. The fourth-order valence-electron chi connectivity index (χ4n) is 2.53. The van der Waals surface area contributed by atoms with Crippen LogP contribution in [-0.2, 0) is 0 Å². The summed E-state index contributed by atoms with van der Waals surface area (Å²) in [7, 11) is 1.63. The summed E-state index contributed by atoms with van der Waals surface area (Å²) in [6.45, 7) is 4.52. The summed E-state index contributed by atoms with van der Waals surface area (Å²) in [5.74, 6) is 2.15. The van der Waals surface area contributed by atoms with Gasteiger partial charge in [-0.15, -0.1) is 10.2 Å². The van der Waals surface area contributed by atoms with Crippen LogP contribution in [0.15, 0.2) is 30.5 Å². The van der Waals surface area contributed by atoms with Gasteiger partial charge in [0.1, 0.15) is 0 Å². The van der Waals surface area contributed by atoms with Crippen molar-refractivity contribution < 1.29 is 9.47 Å². The number of nitrogens with two attached hydrogens (primary N) is 1. The lowest BCUT2D eigenvalue weighted by molar-refractivity contribution is 0.311. The van der Waals surface area contributed by atoms with Crippen molar-refractivity contribution in [1.82, 2.24) is 14.6 Å². The fourth-order valence-corrected chi connectivity index (χ4v) is 2.53. The summed E-state index contributed by atoms with van der Waals surface area (Å²) in [5.41, 5.74) is 9.29. The monoisotopic (exact) mass is 324 g/mol. The van der Waals surface area contributed by atoms with Gasteiger partial charge in [-0.05, 0) is 49.2 Å². The van der Waals surface area contributed by atoms with E-state index in [-0.39, 0.29) is 0 Å². The predicted octanol–water partition coefficient (Wildman–Crippen LogP) is 3.20. The average molecular weight is 324 g/mol. The van der Waals surface area contributed by atoms with E-state index in [0.29, 0.717) is 29.5 Å². The van der Waals surface area contributed by atoms with E-state index in [0.717, 1.165) is 16.9 Å². The van der Waals surface area contributed by atoms with Gasteiger partial charge in [0.25, 0.3) is 0 Å². The smallest absolute Gasteiger partial charge is 0.184 e. The minimum Gasteiger partial charge on any atom is -0.493 e. The first-order chi connectivity index (χ1) is 11.6. The van der Waals surface area contributed by atoms with Gasteiger partial charge in [0.15, 0.2) is 23.0 Å². The van der Waals surface area contributed by atoms with Crippen molar-refractivity contribution in [2.45, 2.75) is 13.8 Å². The Kier molecular flexibility index (Phi) is 4.37. The molecule has 1 aromatic carbocycles. The molecule has 0 radical (unpaired) electrons. The number of hydrogen-bond donors (Lipinski definition) is 1. The Bertz CT molecular complexity index is 899. The fraction of sp³-hybridized carbons (Fsp3) is 0.222. The van der Waals surface area contributed by atoms with Crippen LogP contribution in [0, 0.1) is 6.92 Å². The minimum absolute atomic E-state index is 0.595. The second kappa shape index (κ2) is 6.62. The number of aryl methyl sites for hydroxylation is 1. The van der Waals surface area contributed by atoms with Gasteiger partial charge in [-0.3, -0.25) is 4.40 Å². The summed E-state index contributed by atoms with van der Waals surface area (Å²) in [6, 6.07) is 7.66. The third kappa shape index (κ3) is 3.03. The molecule has 2 N–H and O–H groups in total. The third-order valence-corrected chi connectivity index (χ3v) is 3.61. The van der Waals surface area contributed by atoms with Gasteiger partial charge in [-0.2, -0.15) is 0 Å². The summed E-state index contributed by atoms with van der Waals surface area (Å²) in [4.78, 5) is 0. The Morgan fingerprint density at radius 1 is 1.17 bits per heavy atom. The van der Waals surface area contributed by atoms with Crippen molar-refractivity contribution in [1.29, 1.82) is 0 Å². The van der Waals surface area contributed by atoms with Gasteiger partial charge >= 0.3 is 0 Å². The molecule has 0 atom stereocenters. The Morgan fingerprint density at radius 3 is 2.75 bits per heavy atom. The van der Waals surface area contributed by atoms with Crippen LogP contribution in [0.3, 0.4) is 0 Å². The maximum atomic E-state index is 5.98. The van der Waals surface area contributed by atoms with E-state index in [2.05, 4.69) is 10.2 Å². The van der Waals surface area contributed by atoms with Crippen molar-refractivity contribution in [3.05, 3.63) is 47.4 Å². The van der Waals surface area contributed by atoms with Crippen LogP contribution in [-0.4, -0.2) is 28.3 Å². The summed E-state index contributed by atoms with van der Waals surface area (Å²) in [5, 5.41) is 8.33. The maximum absolute atomic E-state index is 5.98. The molecule has 24 heavy (non-hydrogen) atoms. The summed E-state index contributed by atoms with van der Waals surface area (Å²) < 4.78 is 12.8. The molecule has 0 aliphatic rings. The quantitative estimate of drug-likeness (QED) is 0.780. The van der Waals surface area contributed by atoms with Crippen LogP contribution in [0.4, 0.5) is 5.69 Å². The van der Waals surface area contributed by atoms with Crippen LogP contribution < -0.4 is 15.2 Å². The number of rotatable bonds is 5. The molecule has 2 aromatic heterocycles. The number of benzene rings is 1. The minimum atomic E-state index is 0.595. The second-order valence-corrected chi connectivity index (χ2v) is 5.40. The van der Waals surface area contributed by atoms with E-state index in [9.17, 15) is 0 Å². The molecule has 2 heterocycles. The summed E-state index contributed by atoms with van der Waals surface area (Å²) >= 11 is 0. The van der Waals surface area contributed by atoms with Crippen molar-refractivity contribution in [2.24, 2.45) is 0 Å². The van der Waals surface area contributed by atoms with E-state index in [1.807, 2.05) is 60.9 Å². The molecule has 0 fully saturated rings. The maximum Gasteiger partial charge on any atom is 0.184 e. The molecule has 3 aromatic rings. The lowest BCUT2D eigenvalue weighted by Gasteiger charge is -2.09. The largest absolute Gasteiger partial charge is 0.493 e. The number of nitrogens with zero attached hydrogens (tertiary/aromatic N) is 3. The molecular weight excluding hydrogens is 304 g/mol. The van der Waals surface area contributed by atoms with E-state index in [1.165, 1.54) is 0 Å². The number of pyridine rings is 1. The molecular formula is C18H20N4O2. The lowest BCUT2D eigenvalue weighted by Crippen LogP contribution is -1.96. The highest BCUT2D eigenvalue weighted by atomic mass is 16.5. The topological polar surface area (TPSA) is 74.7 Å². The van der Waals surface area contributed by atoms with Gasteiger partial charge in [0, 0.05) is 6.20 Å². The second-order valence-electron chi connectivity index (χ2n) is 5.40. The number of ether oxygens (including phenoxy) is 2. The van der Waals surface area contributed by atoms with Crippen LogP contribution in [0.25, 0.3) is 17.8 Å². The zero-order chi connectivity index (χ0) is 17.1. The van der Waals surface area contributed by atoms with E-state index in [4.69, 9.17) is 15.2 Å². The van der Waals surface area contributed by atoms with Crippen LogP contribution in [0.5, 0.6) is 11.5 Å². The lowest BCUT2D eigenvalue weighted by atomic mass is 10.2. The number of aromatic nitrogens is 3. The Morgan fingerprint density at radius 2 is 2.00 bits per heavy atom. The molecule has 3 rings (SSSR count). The summed E-state index contributed by atoms with van der Waals surface area (Å²) in [6.07, 6.45) is 5.81. The average Bonchev–Trinajstić information content (AvgIpc) is 2.97. The number of methoxy groups -OCH3 is 1. The van der Waals surface area contributed by atoms with Crippen LogP contribution >= 0.6 is 0 Å². The third-order valence-electron chi connectivity index (χ3n) is 3.61. The molecule has 0 unspecified atom stereocenters. The normalized spacial score (nSPS) is 11.3. The van der Waals surface area contributed by atoms with Crippen LogP contribution in [0.1, 0.15) is 23.9 Å². The zero-order valence-electron chi connectivity index (χ0n) is 14.0. The van der Waals surface area contributed by atoms with Gasteiger partial charge < -0.3 is 15.2 Å². The van der Waals surface area contributed by atoms with Crippen molar-refractivity contribution in [2.75, 3.05) is 19.5 Å². The molecule has 0 amide bonds. The first-order valence-electron chi connectivity index (χ1n) is 7.72. The number of anilines is 1. The number of hydrogen-bond acceptors (Lipinski definition) is 5. The molecule has 0 aliphatic carbocycles. The Labute approximate surface area is 140 Å². The highest BCUT2D eigenvalue weighted by molar-refractivity contribution is 5.72. The van der Waals surface area contributed by atoms with Crippen molar-refractivity contribution in [3.63, 3.8) is 0 Å². The standard InChI is InChI=1S/C18H20N4O2/c1-4-24-15-7-5-13(10-16(15)23-3)6-8-17-20-21-18-14(19)9-12(2)11-22(17)18/h5-11H,4,19H2,1-3H3/b8-6+. The highest BCUT2D eigenvalue weighted by Gasteiger charge is 2.07. The predicted molar refractivity (Wildman–Crippen MR) is 95.2 cm³/mol. The van der Waals surface area contributed by atoms with Gasteiger partial charge in [-0.1, -0.05) is 12.1 Å². The van der Waals surface area contributed by atoms with Gasteiger partial charge in [0.2, 0.25) is 0 Å². The molecule has 0 bridgehead atoms. The molecule has 0 saturated heterocycles. The van der Waals surface area contributed by atoms with Crippen LogP contribution in [0.2, 0.25) is 0 Å². The molecule has 6 heteroatoms. The van der Waals surface area contributed by atoms with Crippen molar-refractivity contribution in [3.8, 4) is 11.5 Å². The van der Waals surface area contributed by atoms with Gasteiger partial charge in [-0.25, -0.2) is 0 Å². The molecule has 6 nitrogen and oxygen atoms in total. The number of fused-ring (bicyclic) bond motifs is 1. The SMILES string of the molecule is CCOc1ccc(/C=C/c2nnc3c(N)cc(C)cn23)cc1OC. The van der Waals surface area contributed by atoms with Crippen molar-refractivity contribution >= 4 is 23.5 Å². The first kappa shape index (κ1) is 15.9. The van der Waals surface area contributed by atoms with E-state index in [1.54, 1.807) is 7.11 Å². The molecule has 0 spiro atoms. The van der Waals surface area contributed by atoms with E-state index < -0.39 is 0 Å². The molecule has 0 saturated carbocycles. The Hall–Kier alpha value is -3.02. The number of nitrogen functional groups attached to an aromatic ring is 1. The molecule has 0 aliphatic heterocycles. The van der Waals surface area contributed by atoms with Gasteiger partial charge in [0.05, 0.1) is 19.4 Å². The highest BCUT2D eigenvalue weighted by Crippen LogP contribution is 2.28. The molecule has 124 valence electrons. The van der Waals surface area contributed by atoms with E-state index >= 15 is 0 Å². The first-order valence-corrected chi connectivity index (χ1v) is 7.72.